The molecule has 0 amide bonds. The molecule has 2 N–H and O–H groups in total. The maximum absolute atomic E-state index is 6.12. The zero-order valence-electron chi connectivity index (χ0n) is 19.3. The first-order chi connectivity index (χ1) is 17.3. The van der Waals surface area contributed by atoms with Crippen LogP contribution in [0.5, 0.6) is 11.5 Å². The third kappa shape index (κ3) is 8.05. The van der Waals surface area contributed by atoms with Crippen LogP contribution >= 0.6 is 11.8 Å². The molecule has 0 spiro atoms. The molecule has 4 aromatic carbocycles. The molecule has 35 heavy (non-hydrogen) atoms. The number of hydrogen-bond donors (Lipinski definition) is 1. The Morgan fingerprint density at radius 3 is 1.83 bits per heavy atom. The van der Waals surface area contributed by atoms with Gasteiger partial charge in [-0.2, -0.15) is 5.10 Å². The summed E-state index contributed by atoms with van der Waals surface area (Å²) in [5.74, 6) is 2.06. The number of thioether (sulfide) groups is 1. The number of benzene rings is 4. The summed E-state index contributed by atoms with van der Waals surface area (Å²) in [4.78, 5) is 0. The molecule has 0 aliphatic carbocycles. The van der Waals surface area contributed by atoms with E-state index in [0.29, 0.717) is 29.9 Å². The van der Waals surface area contributed by atoms with Crippen molar-refractivity contribution < 1.29 is 9.47 Å². The molecular weight excluding hydrogens is 454 g/mol. The minimum atomic E-state index is 0.411. The monoisotopic (exact) mass is 481 g/mol. The molecule has 0 unspecified atom stereocenters. The molecule has 0 saturated heterocycles. The maximum Gasteiger partial charge on any atom is 0.180 e. The molecule has 0 saturated carbocycles. The van der Waals surface area contributed by atoms with Crippen LogP contribution in [0.2, 0.25) is 0 Å². The van der Waals surface area contributed by atoms with E-state index in [9.17, 15) is 0 Å². The van der Waals surface area contributed by atoms with Crippen LogP contribution in [0.15, 0.2) is 119 Å². The topological polar surface area (TPSA) is 69.2 Å². The van der Waals surface area contributed by atoms with Crippen molar-refractivity contribution in [2.45, 2.75) is 19.0 Å². The summed E-state index contributed by atoms with van der Waals surface area (Å²) < 4.78 is 12.2. The van der Waals surface area contributed by atoms with Gasteiger partial charge in [-0.1, -0.05) is 103 Å². The average Bonchev–Trinajstić information content (AvgIpc) is 2.92. The van der Waals surface area contributed by atoms with Crippen LogP contribution in [0.4, 0.5) is 0 Å². The Kier molecular flexibility index (Phi) is 8.96. The van der Waals surface area contributed by atoms with Gasteiger partial charge in [-0.15, -0.1) is 5.10 Å². The zero-order valence-corrected chi connectivity index (χ0v) is 20.1. The number of ether oxygens (including phenoxy) is 2. The van der Waals surface area contributed by atoms with Crippen molar-refractivity contribution in [1.82, 2.24) is 0 Å². The van der Waals surface area contributed by atoms with Gasteiger partial charge in [-0.3, -0.25) is 0 Å². The van der Waals surface area contributed by atoms with Gasteiger partial charge in [0.1, 0.15) is 13.2 Å². The first kappa shape index (κ1) is 24.1. The van der Waals surface area contributed by atoms with E-state index < -0.39 is 0 Å². The predicted octanol–water partition coefficient (Wildman–Crippen LogP) is 6.43. The highest BCUT2D eigenvalue weighted by atomic mass is 32.2. The number of nitrogens with two attached hydrogens (primary N) is 1. The predicted molar refractivity (Wildman–Crippen MR) is 145 cm³/mol. The van der Waals surface area contributed by atoms with E-state index in [4.69, 9.17) is 15.2 Å². The Hall–Kier alpha value is -4.03. The summed E-state index contributed by atoms with van der Waals surface area (Å²) >= 11 is 1.45. The van der Waals surface area contributed by atoms with Crippen LogP contribution in [0, 0.1) is 0 Å². The summed E-state index contributed by atoms with van der Waals surface area (Å²) in [6.07, 6.45) is 1.66. The molecule has 5 nitrogen and oxygen atoms in total. The third-order valence-electron chi connectivity index (χ3n) is 5.03. The molecule has 0 atom stereocenters. The molecule has 0 aliphatic heterocycles. The summed E-state index contributed by atoms with van der Waals surface area (Å²) in [5, 5.41) is 8.68. The fourth-order valence-corrected chi connectivity index (χ4v) is 3.83. The molecular formula is C29H27N3O2S. The summed E-state index contributed by atoms with van der Waals surface area (Å²) in [7, 11) is 0. The van der Waals surface area contributed by atoms with Crippen molar-refractivity contribution in [2.75, 3.05) is 0 Å². The Bertz CT molecular complexity index is 1250. The lowest BCUT2D eigenvalue weighted by molar-refractivity contribution is 0.256. The van der Waals surface area contributed by atoms with Crippen LogP contribution in [-0.2, 0) is 19.0 Å². The Labute approximate surface area is 210 Å². The van der Waals surface area contributed by atoms with E-state index in [1.807, 2.05) is 97.1 Å². The van der Waals surface area contributed by atoms with Gasteiger partial charge in [-0.05, 0) is 40.5 Å². The number of hydrogen-bond acceptors (Lipinski definition) is 5. The van der Waals surface area contributed by atoms with Crippen LogP contribution < -0.4 is 15.2 Å². The zero-order chi connectivity index (χ0) is 24.1. The highest BCUT2D eigenvalue weighted by Gasteiger charge is 2.08. The largest absolute Gasteiger partial charge is 0.485 e. The quantitative estimate of drug-likeness (QED) is 0.161. The van der Waals surface area contributed by atoms with Gasteiger partial charge in [0.2, 0.25) is 0 Å². The molecule has 0 radical (unpaired) electrons. The number of rotatable bonds is 10. The standard InChI is InChI=1S/C29H27N3O2S/c30-29(35-22-25-14-8-3-9-15-25)32-31-19-26-16-17-27(33-20-23-10-4-1-5-11-23)28(18-26)34-21-24-12-6-2-7-13-24/h1-19H,20-22H2,(H2,30,32). The molecule has 4 rings (SSSR count). The Morgan fingerprint density at radius 1 is 0.686 bits per heavy atom. The Balaban J connectivity index is 1.43. The Morgan fingerprint density at radius 2 is 1.23 bits per heavy atom. The van der Waals surface area contributed by atoms with Crippen LogP contribution in [0.25, 0.3) is 0 Å². The van der Waals surface area contributed by atoms with Crippen LogP contribution in [-0.4, -0.2) is 11.4 Å². The van der Waals surface area contributed by atoms with Gasteiger partial charge in [0.05, 0.1) is 6.21 Å². The van der Waals surface area contributed by atoms with Crippen molar-refractivity contribution >= 4 is 23.1 Å². The lowest BCUT2D eigenvalue weighted by atomic mass is 10.2. The molecule has 6 heteroatoms. The van der Waals surface area contributed by atoms with Crippen molar-refractivity contribution in [1.29, 1.82) is 0 Å². The summed E-state index contributed by atoms with van der Waals surface area (Å²) in [5.41, 5.74) is 10.2. The van der Waals surface area contributed by atoms with Gasteiger partial charge in [0.25, 0.3) is 0 Å². The second-order valence-electron chi connectivity index (χ2n) is 7.71. The summed E-state index contributed by atoms with van der Waals surface area (Å²) in [6.45, 7) is 0.889. The molecule has 176 valence electrons. The highest BCUT2D eigenvalue weighted by molar-refractivity contribution is 8.13. The maximum atomic E-state index is 6.12. The van der Waals surface area contributed by atoms with E-state index in [2.05, 4.69) is 22.3 Å². The van der Waals surface area contributed by atoms with E-state index in [1.165, 1.54) is 17.3 Å². The molecule has 0 heterocycles. The summed E-state index contributed by atoms with van der Waals surface area (Å²) in [6, 6.07) is 35.9. The fourth-order valence-electron chi connectivity index (χ4n) is 3.22. The lowest BCUT2D eigenvalue weighted by Gasteiger charge is -2.14. The molecule has 4 aromatic rings. The van der Waals surface area contributed by atoms with Gasteiger partial charge < -0.3 is 15.2 Å². The minimum Gasteiger partial charge on any atom is -0.485 e. The smallest absolute Gasteiger partial charge is 0.180 e. The van der Waals surface area contributed by atoms with Crippen LogP contribution in [0.3, 0.4) is 0 Å². The van der Waals surface area contributed by atoms with E-state index in [1.54, 1.807) is 6.21 Å². The van der Waals surface area contributed by atoms with Crippen LogP contribution in [0.1, 0.15) is 22.3 Å². The first-order valence-corrected chi connectivity index (χ1v) is 12.3. The van der Waals surface area contributed by atoms with Gasteiger partial charge >= 0.3 is 0 Å². The van der Waals surface area contributed by atoms with E-state index in [-0.39, 0.29) is 0 Å². The van der Waals surface area contributed by atoms with Crippen molar-refractivity contribution in [2.24, 2.45) is 15.9 Å². The first-order valence-electron chi connectivity index (χ1n) is 11.3. The average molecular weight is 482 g/mol. The normalized spacial score (nSPS) is 11.5. The number of nitrogens with zero attached hydrogens (tertiary/aromatic N) is 2. The van der Waals surface area contributed by atoms with Crippen molar-refractivity contribution in [3.8, 4) is 11.5 Å². The van der Waals surface area contributed by atoms with Gasteiger partial charge in [0, 0.05) is 5.75 Å². The third-order valence-corrected chi connectivity index (χ3v) is 5.89. The second kappa shape index (κ2) is 13.0. The van der Waals surface area contributed by atoms with Gasteiger partial charge in [0.15, 0.2) is 16.7 Å². The van der Waals surface area contributed by atoms with Gasteiger partial charge in [-0.25, -0.2) is 0 Å². The molecule has 0 aliphatic rings. The lowest BCUT2D eigenvalue weighted by Crippen LogP contribution is -2.06. The van der Waals surface area contributed by atoms with Crippen molar-refractivity contribution in [3.63, 3.8) is 0 Å². The van der Waals surface area contributed by atoms with E-state index >= 15 is 0 Å². The van der Waals surface area contributed by atoms with Crippen molar-refractivity contribution in [3.05, 3.63) is 131 Å². The van der Waals surface area contributed by atoms with E-state index in [0.717, 1.165) is 22.4 Å². The SMILES string of the molecule is NC(=NN=Cc1ccc(OCc2ccccc2)c(OCc2ccccc2)c1)SCc1ccccc1. The molecule has 0 bridgehead atoms. The molecule has 0 aromatic heterocycles. The second-order valence-corrected chi connectivity index (χ2v) is 8.71. The minimum absolute atomic E-state index is 0.411. The fraction of sp³-hybridized carbons (Fsp3) is 0.103. The number of amidine groups is 1. The highest BCUT2D eigenvalue weighted by Crippen LogP contribution is 2.30. The molecule has 0 fully saturated rings.